The van der Waals surface area contributed by atoms with E-state index in [9.17, 15) is 27.2 Å². The first-order valence-corrected chi connectivity index (χ1v) is 11.2. The van der Waals surface area contributed by atoms with Crippen LogP contribution in [0.2, 0.25) is 0 Å². The molecule has 0 spiro atoms. The van der Waals surface area contributed by atoms with Crippen LogP contribution in [0.4, 0.5) is 29.1 Å². The summed E-state index contributed by atoms with van der Waals surface area (Å²) in [5, 5.41) is 6.69. The summed E-state index contributed by atoms with van der Waals surface area (Å²) >= 11 is 1.41. The first-order valence-electron chi connectivity index (χ1n) is 10.3. The van der Waals surface area contributed by atoms with E-state index in [-0.39, 0.29) is 11.6 Å². The monoisotopic (exact) mass is 492 g/mol. The smallest absolute Gasteiger partial charge is 0.322 e. The first kappa shape index (κ1) is 23.8. The van der Waals surface area contributed by atoms with Crippen molar-refractivity contribution in [2.24, 2.45) is 0 Å². The van der Waals surface area contributed by atoms with Crippen LogP contribution in [0.25, 0.3) is 0 Å². The Labute approximate surface area is 196 Å². The predicted octanol–water partition coefficient (Wildman–Crippen LogP) is 5.07. The van der Waals surface area contributed by atoms with Crippen molar-refractivity contribution in [2.75, 3.05) is 17.2 Å². The van der Waals surface area contributed by atoms with Gasteiger partial charge in [0.1, 0.15) is 11.6 Å². The van der Waals surface area contributed by atoms with E-state index in [1.165, 1.54) is 18.3 Å². The van der Waals surface area contributed by atoms with Gasteiger partial charge in [-0.1, -0.05) is 6.07 Å². The number of carbonyl (C=O) groups is 2. The molecule has 1 aliphatic rings. The van der Waals surface area contributed by atoms with E-state index in [0.29, 0.717) is 49.6 Å². The molecular formula is C23H20F4N4O2S. The normalized spacial score (nSPS) is 13.9. The highest BCUT2D eigenvalue weighted by atomic mass is 32.1. The summed E-state index contributed by atoms with van der Waals surface area (Å²) in [6.07, 6.45) is -2.43. The molecule has 2 N–H and O–H groups in total. The minimum atomic E-state index is -4.72. The molecule has 2 amide bonds. The molecule has 0 radical (unpaired) electrons. The largest absolute Gasteiger partial charge is 0.416 e. The molecule has 0 atom stereocenters. The van der Waals surface area contributed by atoms with E-state index >= 15 is 0 Å². The number of rotatable bonds is 5. The summed E-state index contributed by atoms with van der Waals surface area (Å²) in [6.45, 7) is 3.33. The highest BCUT2D eigenvalue weighted by molar-refractivity contribution is 7.10. The Kier molecular flexibility index (Phi) is 6.67. The van der Waals surface area contributed by atoms with Crippen molar-refractivity contribution in [3.63, 3.8) is 0 Å². The number of pyridine rings is 1. The second kappa shape index (κ2) is 9.51. The quantitative estimate of drug-likeness (QED) is 0.488. The number of benzene rings is 1. The van der Waals surface area contributed by atoms with Crippen molar-refractivity contribution in [3.05, 3.63) is 74.9 Å². The van der Waals surface area contributed by atoms with Gasteiger partial charge in [0.25, 0.3) is 5.91 Å². The number of alkyl halides is 3. The Bertz CT molecular complexity index is 1220. The van der Waals surface area contributed by atoms with Gasteiger partial charge in [-0.25, -0.2) is 9.37 Å². The van der Waals surface area contributed by atoms with E-state index in [1.807, 2.05) is 6.07 Å². The first-order chi connectivity index (χ1) is 16.1. The molecule has 0 unspecified atom stereocenters. The maximum absolute atomic E-state index is 13.6. The molecule has 34 heavy (non-hydrogen) atoms. The van der Waals surface area contributed by atoms with Crippen molar-refractivity contribution < 1.29 is 27.2 Å². The van der Waals surface area contributed by atoms with E-state index in [0.717, 1.165) is 22.1 Å². The van der Waals surface area contributed by atoms with Crippen LogP contribution in [0.1, 0.15) is 38.8 Å². The van der Waals surface area contributed by atoms with Gasteiger partial charge < -0.3 is 10.6 Å². The summed E-state index contributed by atoms with van der Waals surface area (Å²) in [4.78, 5) is 31.2. The van der Waals surface area contributed by atoms with E-state index < -0.39 is 23.5 Å². The number of nitrogens with one attached hydrogen (secondary N) is 2. The second-order valence-electron chi connectivity index (χ2n) is 7.93. The van der Waals surface area contributed by atoms with Gasteiger partial charge in [-0.15, -0.1) is 11.3 Å². The van der Waals surface area contributed by atoms with Gasteiger partial charge in [-0.3, -0.25) is 14.5 Å². The molecule has 1 aliphatic heterocycles. The molecular weight excluding hydrogens is 472 g/mol. The summed E-state index contributed by atoms with van der Waals surface area (Å²) < 4.78 is 52.5. The van der Waals surface area contributed by atoms with Crippen LogP contribution < -0.4 is 10.6 Å². The van der Waals surface area contributed by atoms with Gasteiger partial charge in [-0.2, -0.15) is 13.2 Å². The Morgan fingerprint density at radius 2 is 1.97 bits per heavy atom. The zero-order valence-electron chi connectivity index (χ0n) is 18.0. The maximum Gasteiger partial charge on any atom is 0.416 e. The Balaban J connectivity index is 1.42. The van der Waals surface area contributed by atoms with Gasteiger partial charge in [0.2, 0.25) is 5.91 Å². The number of fused-ring (bicyclic) bond motifs is 1. The number of hydrogen-bond donors (Lipinski definition) is 2. The lowest BCUT2D eigenvalue weighted by Gasteiger charge is -2.27. The molecule has 3 heterocycles. The molecule has 4 rings (SSSR count). The van der Waals surface area contributed by atoms with E-state index in [2.05, 4.69) is 20.5 Å². The van der Waals surface area contributed by atoms with Crippen LogP contribution in [-0.2, 0) is 30.5 Å². The van der Waals surface area contributed by atoms with E-state index in [4.69, 9.17) is 0 Å². The molecule has 178 valence electrons. The van der Waals surface area contributed by atoms with Gasteiger partial charge in [0.05, 0.1) is 11.1 Å². The molecule has 2 aromatic heterocycles. The predicted molar refractivity (Wildman–Crippen MR) is 120 cm³/mol. The lowest BCUT2D eigenvalue weighted by atomic mass is 10.0. The number of aromatic nitrogens is 1. The van der Waals surface area contributed by atoms with Crippen molar-refractivity contribution in [1.82, 2.24) is 9.88 Å². The average Bonchev–Trinajstić information content (AvgIpc) is 3.17. The molecule has 0 saturated carbocycles. The molecule has 1 aromatic carbocycles. The molecule has 0 bridgehead atoms. The zero-order valence-corrected chi connectivity index (χ0v) is 18.8. The highest BCUT2D eigenvalue weighted by Gasteiger charge is 2.32. The van der Waals surface area contributed by atoms with Crippen molar-refractivity contribution in [3.8, 4) is 0 Å². The maximum atomic E-state index is 13.6. The second-order valence-corrected chi connectivity index (χ2v) is 8.89. The molecule has 0 fully saturated rings. The van der Waals surface area contributed by atoms with Gasteiger partial charge in [0, 0.05) is 48.7 Å². The van der Waals surface area contributed by atoms with Crippen LogP contribution in [0.3, 0.4) is 0 Å². The summed E-state index contributed by atoms with van der Waals surface area (Å²) in [7, 11) is 0. The number of anilines is 2. The third-order valence-corrected chi connectivity index (χ3v) is 6.30. The zero-order chi connectivity index (χ0) is 24.5. The minimum Gasteiger partial charge on any atom is -0.322 e. The van der Waals surface area contributed by atoms with Crippen LogP contribution in [0.5, 0.6) is 0 Å². The lowest BCUT2D eigenvalue weighted by molar-refractivity contribution is -0.137. The molecule has 3 aromatic rings. The van der Waals surface area contributed by atoms with E-state index in [1.54, 1.807) is 17.6 Å². The third-order valence-electron chi connectivity index (χ3n) is 5.29. The fourth-order valence-electron chi connectivity index (χ4n) is 3.76. The number of hydrogen-bond acceptors (Lipinski definition) is 5. The number of carbonyl (C=O) groups excluding carboxylic acids is 2. The van der Waals surface area contributed by atoms with Crippen LogP contribution in [-0.4, -0.2) is 28.2 Å². The van der Waals surface area contributed by atoms with Crippen molar-refractivity contribution in [2.45, 2.75) is 32.6 Å². The number of halogens is 4. The molecule has 0 saturated heterocycles. The van der Waals surface area contributed by atoms with Gasteiger partial charge in [0.15, 0.2) is 0 Å². The summed E-state index contributed by atoms with van der Waals surface area (Å²) in [5.41, 5.74) is 0.804. The SMILES string of the molecule is CC(=O)Nc1ccc(CN2CCc3c(C(=O)Nc4cc(F)cc(C(F)(F)F)c4)csc3C2)cn1. The fourth-order valence-corrected chi connectivity index (χ4v) is 4.88. The topological polar surface area (TPSA) is 74.3 Å². The molecule has 11 heteroatoms. The van der Waals surface area contributed by atoms with Crippen LogP contribution in [0.15, 0.2) is 41.9 Å². The third kappa shape index (κ3) is 5.60. The van der Waals surface area contributed by atoms with Gasteiger partial charge in [-0.05, 0) is 41.8 Å². The highest BCUT2D eigenvalue weighted by Crippen LogP contribution is 2.33. The number of amides is 2. The Morgan fingerprint density at radius 3 is 2.65 bits per heavy atom. The average molecular weight is 492 g/mol. The molecule has 6 nitrogen and oxygen atoms in total. The lowest BCUT2D eigenvalue weighted by Crippen LogP contribution is -2.30. The van der Waals surface area contributed by atoms with Crippen molar-refractivity contribution >= 4 is 34.7 Å². The Hall–Kier alpha value is -3.31. The van der Waals surface area contributed by atoms with Crippen molar-refractivity contribution in [1.29, 1.82) is 0 Å². The molecule has 0 aliphatic carbocycles. The standard InChI is InChI=1S/C23H20F4N4O2S/c1-13(32)29-21-3-2-14(9-28-21)10-31-5-4-18-19(12-34-20(18)11-31)22(33)30-17-7-15(23(25,26)27)6-16(24)8-17/h2-3,6-9,12H,4-5,10-11H2,1H3,(H,30,33)(H,28,29,32). The minimum absolute atomic E-state index is 0.195. The van der Waals surface area contributed by atoms with Crippen LogP contribution >= 0.6 is 11.3 Å². The summed E-state index contributed by atoms with van der Waals surface area (Å²) in [6, 6.07) is 5.58. The fraction of sp³-hybridized carbons (Fsp3) is 0.261. The number of thiophene rings is 1. The Morgan fingerprint density at radius 1 is 1.18 bits per heavy atom. The number of nitrogens with zero attached hydrogens (tertiary/aromatic N) is 2. The summed E-state index contributed by atoms with van der Waals surface area (Å²) in [5.74, 6) is -1.36. The van der Waals surface area contributed by atoms with Crippen LogP contribution in [0, 0.1) is 5.82 Å². The van der Waals surface area contributed by atoms with Gasteiger partial charge >= 0.3 is 6.18 Å².